The first-order valence-electron chi connectivity index (χ1n) is 7.04. The van der Waals surface area contributed by atoms with Crippen LogP contribution in [-0.2, 0) is 0 Å². The quantitative estimate of drug-likeness (QED) is 0.706. The number of hydrogen-bond donors (Lipinski definition) is 1. The van der Waals surface area contributed by atoms with Crippen LogP contribution < -0.4 is 5.32 Å². The molecule has 0 saturated heterocycles. The van der Waals surface area contributed by atoms with Crippen LogP contribution in [0.5, 0.6) is 0 Å². The van der Waals surface area contributed by atoms with E-state index in [9.17, 15) is 0 Å². The van der Waals surface area contributed by atoms with Gasteiger partial charge in [0.25, 0.3) is 0 Å². The molecule has 0 aromatic carbocycles. The van der Waals surface area contributed by atoms with Gasteiger partial charge in [0.15, 0.2) is 0 Å². The van der Waals surface area contributed by atoms with Gasteiger partial charge in [-0.1, -0.05) is 26.7 Å². The minimum atomic E-state index is 0.939. The maximum atomic E-state index is 3.52. The van der Waals surface area contributed by atoms with Crippen LogP contribution in [-0.4, -0.2) is 13.1 Å². The minimum absolute atomic E-state index is 0.939. The zero-order chi connectivity index (χ0) is 10.7. The zero-order valence-electron chi connectivity index (χ0n) is 10.5. The lowest BCUT2D eigenvalue weighted by Crippen LogP contribution is -2.25. The Balaban J connectivity index is 1.74. The van der Waals surface area contributed by atoms with Gasteiger partial charge in [0.05, 0.1) is 0 Å². The Morgan fingerprint density at radius 2 is 2.07 bits per heavy atom. The van der Waals surface area contributed by atoms with Gasteiger partial charge in [-0.15, -0.1) is 0 Å². The van der Waals surface area contributed by atoms with Gasteiger partial charge in [0.1, 0.15) is 0 Å². The van der Waals surface area contributed by atoms with Crippen LogP contribution in [0.3, 0.4) is 0 Å². The molecular weight excluding hydrogens is 182 g/mol. The molecule has 2 fully saturated rings. The first kappa shape index (κ1) is 11.4. The highest BCUT2D eigenvalue weighted by atomic mass is 14.8. The molecule has 0 heterocycles. The van der Waals surface area contributed by atoms with Crippen molar-refractivity contribution >= 4 is 0 Å². The smallest absolute Gasteiger partial charge is 0.00206 e. The van der Waals surface area contributed by atoms with Gasteiger partial charge in [0.2, 0.25) is 0 Å². The van der Waals surface area contributed by atoms with Crippen LogP contribution in [0.1, 0.15) is 52.4 Å². The van der Waals surface area contributed by atoms with E-state index in [0.717, 1.165) is 30.2 Å². The number of rotatable bonds is 6. The van der Waals surface area contributed by atoms with Crippen molar-refractivity contribution in [3.05, 3.63) is 0 Å². The summed E-state index contributed by atoms with van der Waals surface area (Å²) in [4.78, 5) is 0. The summed E-state index contributed by atoms with van der Waals surface area (Å²) in [5.74, 6) is 4.27. The first-order valence-corrected chi connectivity index (χ1v) is 7.04. The summed E-state index contributed by atoms with van der Waals surface area (Å²) in [6, 6.07) is 0. The molecule has 4 unspecified atom stereocenters. The molecule has 0 aromatic rings. The van der Waals surface area contributed by atoms with Gasteiger partial charge >= 0.3 is 0 Å². The maximum absolute atomic E-state index is 3.52. The van der Waals surface area contributed by atoms with Gasteiger partial charge in [-0.2, -0.15) is 0 Å². The van der Waals surface area contributed by atoms with Crippen LogP contribution in [0, 0.1) is 23.7 Å². The normalized spacial score (nSPS) is 36.0. The van der Waals surface area contributed by atoms with E-state index in [2.05, 4.69) is 19.2 Å². The highest BCUT2D eigenvalue weighted by Crippen LogP contribution is 2.50. The van der Waals surface area contributed by atoms with Crippen LogP contribution in [0.2, 0.25) is 0 Å². The van der Waals surface area contributed by atoms with Crippen LogP contribution in [0.15, 0.2) is 0 Å². The Kier molecular flexibility index (Phi) is 4.07. The molecule has 2 bridgehead atoms. The third kappa shape index (κ3) is 2.75. The Bertz CT molecular complexity index is 190. The number of fused-ring (bicyclic) bond motifs is 2. The molecule has 2 rings (SSSR count). The molecule has 1 heteroatoms. The van der Waals surface area contributed by atoms with E-state index in [1.807, 2.05) is 0 Å². The second kappa shape index (κ2) is 5.34. The van der Waals surface area contributed by atoms with E-state index in [-0.39, 0.29) is 0 Å². The zero-order valence-corrected chi connectivity index (χ0v) is 10.5. The molecule has 0 aromatic heterocycles. The van der Waals surface area contributed by atoms with E-state index in [4.69, 9.17) is 0 Å². The molecule has 2 aliphatic rings. The van der Waals surface area contributed by atoms with E-state index in [1.165, 1.54) is 19.4 Å². The summed E-state index contributed by atoms with van der Waals surface area (Å²) in [7, 11) is 0. The van der Waals surface area contributed by atoms with Gasteiger partial charge in [0, 0.05) is 0 Å². The van der Waals surface area contributed by atoms with Gasteiger partial charge in [-0.05, 0) is 62.4 Å². The topological polar surface area (TPSA) is 12.0 Å². The van der Waals surface area contributed by atoms with Crippen molar-refractivity contribution in [2.24, 2.45) is 23.7 Å². The van der Waals surface area contributed by atoms with Crippen molar-refractivity contribution in [1.29, 1.82) is 0 Å². The predicted octanol–water partition coefficient (Wildman–Crippen LogP) is 3.45. The molecule has 1 N–H and O–H groups in total. The van der Waals surface area contributed by atoms with Crippen molar-refractivity contribution < 1.29 is 0 Å². The van der Waals surface area contributed by atoms with Crippen molar-refractivity contribution in [2.75, 3.05) is 13.1 Å². The van der Waals surface area contributed by atoms with E-state index < -0.39 is 0 Å². The maximum Gasteiger partial charge on any atom is -0.00206 e. The molecule has 2 aliphatic carbocycles. The van der Waals surface area contributed by atoms with Crippen molar-refractivity contribution in [2.45, 2.75) is 52.4 Å². The molecule has 0 amide bonds. The molecule has 4 atom stereocenters. The van der Waals surface area contributed by atoms with Crippen molar-refractivity contribution in [1.82, 2.24) is 5.32 Å². The monoisotopic (exact) mass is 209 g/mol. The molecule has 1 nitrogen and oxygen atoms in total. The van der Waals surface area contributed by atoms with Crippen LogP contribution in [0.4, 0.5) is 0 Å². The van der Waals surface area contributed by atoms with Crippen molar-refractivity contribution in [3.8, 4) is 0 Å². The number of hydrogen-bond acceptors (Lipinski definition) is 1. The molecular formula is C14H27N. The summed E-state index contributed by atoms with van der Waals surface area (Å²) < 4.78 is 0. The summed E-state index contributed by atoms with van der Waals surface area (Å²) in [6.07, 6.45) is 9.10. The Morgan fingerprint density at radius 3 is 2.60 bits per heavy atom. The van der Waals surface area contributed by atoms with E-state index >= 15 is 0 Å². The fraction of sp³-hybridized carbons (Fsp3) is 1.00. The molecule has 2 saturated carbocycles. The fourth-order valence-corrected chi connectivity index (χ4v) is 3.84. The summed E-state index contributed by atoms with van der Waals surface area (Å²) in [5, 5.41) is 3.52. The van der Waals surface area contributed by atoms with Gasteiger partial charge < -0.3 is 5.32 Å². The highest BCUT2D eigenvalue weighted by molar-refractivity contribution is 4.90. The first-order chi connectivity index (χ1) is 7.33. The lowest BCUT2D eigenvalue weighted by molar-refractivity contribution is 0.259. The third-order valence-corrected chi connectivity index (χ3v) is 4.78. The summed E-state index contributed by atoms with van der Waals surface area (Å²) in [6.45, 7) is 6.95. The molecule has 0 aliphatic heterocycles. The van der Waals surface area contributed by atoms with E-state index in [1.54, 1.807) is 25.7 Å². The minimum Gasteiger partial charge on any atom is -0.317 e. The van der Waals surface area contributed by atoms with E-state index in [0.29, 0.717) is 0 Å². The fourth-order valence-electron chi connectivity index (χ4n) is 3.84. The Morgan fingerprint density at radius 1 is 1.20 bits per heavy atom. The summed E-state index contributed by atoms with van der Waals surface area (Å²) in [5.41, 5.74) is 0. The van der Waals surface area contributed by atoms with Crippen LogP contribution >= 0.6 is 0 Å². The summed E-state index contributed by atoms with van der Waals surface area (Å²) >= 11 is 0. The Labute approximate surface area is 95.0 Å². The molecule has 15 heavy (non-hydrogen) atoms. The average molecular weight is 209 g/mol. The van der Waals surface area contributed by atoms with Crippen molar-refractivity contribution in [3.63, 3.8) is 0 Å². The standard InChI is InChI=1S/C14H27N/c1-3-11(10-15-4-2)7-14-9-12-5-6-13(14)8-12/h11-15H,3-10H2,1-2H3. The third-order valence-electron chi connectivity index (χ3n) is 4.78. The Hall–Kier alpha value is -0.0400. The second-order valence-electron chi connectivity index (χ2n) is 5.75. The highest BCUT2D eigenvalue weighted by Gasteiger charge is 2.39. The predicted molar refractivity (Wildman–Crippen MR) is 65.9 cm³/mol. The lowest BCUT2D eigenvalue weighted by atomic mass is 9.81. The SMILES string of the molecule is CCNCC(CC)CC1CC2CCC1C2. The van der Waals surface area contributed by atoms with Gasteiger partial charge in [-0.25, -0.2) is 0 Å². The molecule has 0 radical (unpaired) electrons. The largest absolute Gasteiger partial charge is 0.317 e. The molecule has 0 spiro atoms. The van der Waals surface area contributed by atoms with Crippen LogP contribution in [0.25, 0.3) is 0 Å². The lowest BCUT2D eigenvalue weighted by Gasteiger charge is -2.26. The number of nitrogens with one attached hydrogen (secondary N) is 1. The van der Waals surface area contributed by atoms with Gasteiger partial charge in [-0.3, -0.25) is 0 Å². The molecule has 88 valence electrons. The average Bonchev–Trinajstić information content (AvgIpc) is 2.85. The second-order valence-corrected chi connectivity index (χ2v) is 5.75.